The lowest BCUT2D eigenvalue weighted by atomic mass is 9.87. The standard InChI is InChI=1S/C14H17NO2/c1-9-7-12(10(2)15-14(17)8-9)11-5-3-4-6-13(11)16/h3-6,8,10,12,16H,7H2,1-2H3,(H,15,17). The lowest BCUT2D eigenvalue weighted by Gasteiger charge is -2.23. The number of hydrogen-bond acceptors (Lipinski definition) is 2. The third-order valence-corrected chi connectivity index (χ3v) is 3.23. The monoisotopic (exact) mass is 231 g/mol. The number of allylic oxidation sites excluding steroid dienone is 1. The molecule has 0 radical (unpaired) electrons. The summed E-state index contributed by atoms with van der Waals surface area (Å²) in [5.74, 6) is 0.375. The molecule has 17 heavy (non-hydrogen) atoms. The fourth-order valence-electron chi connectivity index (χ4n) is 2.35. The molecule has 1 aliphatic heterocycles. The van der Waals surface area contributed by atoms with Gasteiger partial charge in [0.2, 0.25) is 5.91 Å². The van der Waals surface area contributed by atoms with Gasteiger partial charge < -0.3 is 10.4 Å². The van der Waals surface area contributed by atoms with Crippen LogP contribution in [0.5, 0.6) is 5.75 Å². The molecule has 0 bridgehead atoms. The van der Waals surface area contributed by atoms with Crippen molar-refractivity contribution >= 4 is 5.91 Å². The Hall–Kier alpha value is -1.77. The van der Waals surface area contributed by atoms with E-state index in [0.717, 1.165) is 17.6 Å². The van der Waals surface area contributed by atoms with Crippen LogP contribution in [0.15, 0.2) is 35.9 Å². The van der Waals surface area contributed by atoms with E-state index in [1.54, 1.807) is 12.1 Å². The van der Waals surface area contributed by atoms with E-state index in [4.69, 9.17) is 0 Å². The van der Waals surface area contributed by atoms with Crippen LogP contribution in [0.2, 0.25) is 0 Å². The number of rotatable bonds is 1. The summed E-state index contributed by atoms with van der Waals surface area (Å²) in [6, 6.07) is 7.34. The van der Waals surface area contributed by atoms with Crippen molar-refractivity contribution in [3.8, 4) is 5.75 Å². The first-order chi connectivity index (χ1) is 8.08. The van der Waals surface area contributed by atoms with Crippen molar-refractivity contribution in [2.75, 3.05) is 0 Å². The van der Waals surface area contributed by atoms with Crippen LogP contribution in [0.4, 0.5) is 0 Å². The molecule has 0 spiro atoms. The molecule has 1 amide bonds. The number of amides is 1. The van der Waals surface area contributed by atoms with E-state index in [0.29, 0.717) is 5.75 Å². The molecule has 3 nitrogen and oxygen atoms in total. The van der Waals surface area contributed by atoms with Crippen LogP contribution in [0, 0.1) is 0 Å². The van der Waals surface area contributed by atoms with Crippen LogP contribution in [0.25, 0.3) is 0 Å². The second-order valence-electron chi connectivity index (χ2n) is 4.66. The van der Waals surface area contributed by atoms with E-state index >= 15 is 0 Å². The number of carbonyl (C=O) groups excluding carboxylic acids is 1. The smallest absolute Gasteiger partial charge is 0.244 e. The fraction of sp³-hybridized carbons (Fsp3) is 0.357. The average Bonchev–Trinajstić information content (AvgIpc) is 2.37. The van der Waals surface area contributed by atoms with Gasteiger partial charge in [0, 0.05) is 18.0 Å². The SMILES string of the molecule is CC1=CC(=O)NC(C)C(c2ccccc2O)C1. The van der Waals surface area contributed by atoms with Gasteiger partial charge in [0.25, 0.3) is 0 Å². The lowest BCUT2D eigenvalue weighted by Crippen LogP contribution is -2.34. The number of phenols is 1. The van der Waals surface area contributed by atoms with Crippen LogP contribution in [0.3, 0.4) is 0 Å². The summed E-state index contributed by atoms with van der Waals surface area (Å²) >= 11 is 0. The highest BCUT2D eigenvalue weighted by molar-refractivity contribution is 5.88. The first-order valence-electron chi connectivity index (χ1n) is 5.83. The molecular formula is C14H17NO2. The molecule has 0 saturated heterocycles. The average molecular weight is 231 g/mol. The first-order valence-corrected chi connectivity index (χ1v) is 5.83. The molecule has 0 fully saturated rings. The van der Waals surface area contributed by atoms with Crippen molar-refractivity contribution < 1.29 is 9.90 Å². The van der Waals surface area contributed by atoms with Gasteiger partial charge in [-0.3, -0.25) is 4.79 Å². The quantitative estimate of drug-likeness (QED) is 0.779. The maximum absolute atomic E-state index is 11.5. The van der Waals surface area contributed by atoms with Gasteiger partial charge in [0.1, 0.15) is 5.75 Å². The summed E-state index contributed by atoms with van der Waals surface area (Å²) in [6.07, 6.45) is 2.42. The van der Waals surface area contributed by atoms with Gasteiger partial charge in [0.15, 0.2) is 0 Å². The van der Waals surface area contributed by atoms with Gasteiger partial charge in [-0.1, -0.05) is 23.8 Å². The molecule has 2 atom stereocenters. The van der Waals surface area contributed by atoms with Crippen LogP contribution in [-0.4, -0.2) is 17.1 Å². The number of aromatic hydroxyl groups is 1. The Morgan fingerprint density at radius 2 is 2.06 bits per heavy atom. The molecule has 1 aromatic carbocycles. The predicted molar refractivity (Wildman–Crippen MR) is 66.8 cm³/mol. The minimum absolute atomic E-state index is 0.0181. The van der Waals surface area contributed by atoms with E-state index in [9.17, 15) is 9.90 Å². The summed E-state index contributed by atoms with van der Waals surface area (Å²) in [5, 5.41) is 12.8. The van der Waals surface area contributed by atoms with Crippen molar-refractivity contribution in [3.63, 3.8) is 0 Å². The summed E-state index contributed by atoms with van der Waals surface area (Å²) in [7, 11) is 0. The number of carbonyl (C=O) groups is 1. The molecule has 2 N–H and O–H groups in total. The molecule has 2 rings (SSSR count). The topological polar surface area (TPSA) is 49.3 Å². The van der Waals surface area contributed by atoms with Gasteiger partial charge in [-0.2, -0.15) is 0 Å². The van der Waals surface area contributed by atoms with Crippen molar-refractivity contribution in [3.05, 3.63) is 41.5 Å². The van der Waals surface area contributed by atoms with Gasteiger partial charge in [-0.15, -0.1) is 0 Å². The Morgan fingerprint density at radius 3 is 2.76 bits per heavy atom. The van der Waals surface area contributed by atoms with Gasteiger partial charge in [0.05, 0.1) is 0 Å². The summed E-state index contributed by atoms with van der Waals surface area (Å²) in [5.41, 5.74) is 1.94. The molecule has 0 aliphatic carbocycles. The zero-order valence-electron chi connectivity index (χ0n) is 10.1. The zero-order valence-corrected chi connectivity index (χ0v) is 10.1. The minimum atomic E-state index is -0.0482. The maximum Gasteiger partial charge on any atom is 0.244 e. The zero-order chi connectivity index (χ0) is 12.4. The largest absolute Gasteiger partial charge is 0.508 e. The molecule has 1 heterocycles. The summed E-state index contributed by atoms with van der Waals surface area (Å²) < 4.78 is 0. The van der Waals surface area contributed by atoms with E-state index in [-0.39, 0.29) is 17.9 Å². The summed E-state index contributed by atoms with van der Waals surface area (Å²) in [6.45, 7) is 3.92. The molecule has 1 aliphatic rings. The Morgan fingerprint density at radius 1 is 1.35 bits per heavy atom. The van der Waals surface area contributed by atoms with Crippen LogP contribution in [-0.2, 0) is 4.79 Å². The van der Waals surface area contributed by atoms with E-state index in [2.05, 4.69) is 5.32 Å². The normalized spacial score (nSPS) is 24.8. The second-order valence-corrected chi connectivity index (χ2v) is 4.66. The molecule has 90 valence electrons. The van der Waals surface area contributed by atoms with Gasteiger partial charge in [-0.25, -0.2) is 0 Å². The van der Waals surface area contributed by atoms with Crippen LogP contribution < -0.4 is 5.32 Å². The number of hydrogen-bond donors (Lipinski definition) is 2. The van der Waals surface area contributed by atoms with Gasteiger partial charge >= 0.3 is 0 Å². The highest BCUT2D eigenvalue weighted by atomic mass is 16.3. The van der Waals surface area contributed by atoms with Gasteiger partial charge in [-0.05, 0) is 31.9 Å². The lowest BCUT2D eigenvalue weighted by molar-refractivity contribution is -0.117. The van der Waals surface area contributed by atoms with Crippen LogP contribution in [0.1, 0.15) is 31.7 Å². The first kappa shape index (κ1) is 11.7. The Kier molecular flexibility index (Phi) is 3.18. The molecule has 2 unspecified atom stereocenters. The molecule has 0 saturated carbocycles. The van der Waals surface area contributed by atoms with Crippen molar-refractivity contribution in [2.45, 2.75) is 32.2 Å². The Balaban J connectivity index is 2.35. The molecule has 1 aromatic rings. The number of benzene rings is 1. The number of nitrogens with one attached hydrogen (secondary N) is 1. The molecule has 0 aromatic heterocycles. The third-order valence-electron chi connectivity index (χ3n) is 3.23. The number of para-hydroxylation sites is 1. The highest BCUT2D eigenvalue weighted by Crippen LogP contribution is 2.33. The molecular weight excluding hydrogens is 214 g/mol. The fourth-order valence-corrected chi connectivity index (χ4v) is 2.35. The third kappa shape index (κ3) is 2.49. The minimum Gasteiger partial charge on any atom is -0.508 e. The number of phenolic OH excluding ortho intramolecular Hbond substituents is 1. The summed E-state index contributed by atoms with van der Waals surface area (Å²) in [4.78, 5) is 11.5. The van der Waals surface area contributed by atoms with Crippen molar-refractivity contribution in [1.82, 2.24) is 5.32 Å². The van der Waals surface area contributed by atoms with E-state index in [1.807, 2.05) is 32.0 Å². The molecule has 3 heteroatoms. The highest BCUT2D eigenvalue weighted by Gasteiger charge is 2.25. The van der Waals surface area contributed by atoms with E-state index in [1.165, 1.54) is 0 Å². The van der Waals surface area contributed by atoms with Crippen LogP contribution >= 0.6 is 0 Å². The second kappa shape index (κ2) is 4.62. The maximum atomic E-state index is 11.5. The van der Waals surface area contributed by atoms with Crippen molar-refractivity contribution in [2.24, 2.45) is 0 Å². The van der Waals surface area contributed by atoms with Crippen molar-refractivity contribution in [1.29, 1.82) is 0 Å². The predicted octanol–water partition coefficient (Wildman–Crippen LogP) is 2.33. The Bertz CT molecular complexity index is 465. The Labute approximate surface area is 101 Å². The van der Waals surface area contributed by atoms with E-state index < -0.39 is 0 Å².